The van der Waals surface area contributed by atoms with Crippen molar-refractivity contribution in [3.05, 3.63) is 71.4 Å². The molecule has 4 rings (SSSR count). The van der Waals surface area contributed by atoms with E-state index in [0.29, 0.717) is 17.9 Å². The van der Waals surface area contributed by atoms with Gasteiger partial charge in [0.1, 0.15) is 5.82 Å². The number of benzene rings is 2. The summed E-state index contributed by atoms with van der Waals surface area (Å²) in [6.07, 6.45) is 4.88. The van der Waals surface area contributed by atoms with Crippen LogP contribution in [0.3, 0.4) is 0 Å². The average Bonchev–Trinajstić information content (AvgIpc) is 3.26. The number of nitrogens with one attached hydrogen (secondary N) is 1. The number of amides is 1. The summed E-state index contributed by atoms with van der Waals surface area (Å²) < 4.78 is 28.4. The summed E-state index contributed by atoms with van der Waals surface area (Å²) >= 11 is 0. The summed E-state index contributed by atoms with van der Waals surface area (Å²) in [5, 5.41) is 7.31. The van der Waals surface area contributed by atoms with E-state index in [1.54, 1.807) is 29.1 Å². The molecule has 1 aliphatic heterocycles. The minimum absolute atomic E-state index is 0.0940. The van der Waals surface area contributed by atoms with Crippen molar-refractivity contribution in [3.8, 4) is 0 Å². The van der Waals surface area contributed by atoms with Gasteiger partial charge in [-0.3, -0.25) is 4.79 Å². The van der Waals surface area contributed by atoms with Crippen LogP contribution in [0.5, 0.6) is 0 Å². The van der Waals surface area contributed by atoms with Gasteiger partial charge in [-0.15, -0.1) is 0 Å². The van der Waals surface area contributed by atoms with Gasteiger partial charge in [0, 0.05) is 38.9 Å². The second kappa shape index (κ2) is 9.99. The van der Waals surface area contributed by atoms with Crippen molar-refractivity contribution < 1.29 is 13.2 Å². The van der Waals surface area contributed by atoms with E-state index in [2.05, 4.69) is 15.3 Å². The smallest absolute Gasteiger partial charge is 0.258 e. The van der Waals surface area contributed by atoms with Crippen molar-refractivity contribution in [1.29, 1.82) is 0 Å². The average molecular weight is 482 g/mol. The third-order valence-electron chi connectivity index (χ3n) is 6.10. The summed E-state index contributed by atoms with van der Waals surface area (Å²) in [5.74, 6) is 0.193. The Balaban J connectivity index is 1.65. The van der Waals surface area contributed by atoms with E-state index in [0.717, 1.165) is 47.9 Å². The van der Waals surface area contributed by atoms with E-state index in [-0.39, 0.29) is 10.8 Å². The molecular formula is C25H31N5O3S. The lowest BCUT2D eigenvalue weighted by Crippen LogP contribution is -2.32. The van der Waals surface area contributed by atoms with Crippen molar-refractivity contribution in [1.82, 2.24) is 14.1 Å². The summed E-state index contributed by atoms with van der Waals surface area (Å²) in [6, 6.07) is 14.7. The zero-order valence-corrected chi connectivity index (χ0v) is 20.7. The molecule has 1 N–H and O–H groups in total. The Morgan fingerprint density at radius 2 is 1.74 bits per heavy atom. The number of sulfonamides is 1. The molecule has 0 atom stereocenters. The van der Waals surface area contributed by atoms with E-state index in [1.165, 1.54) is 25.7 Å². The van der Waals surface area contributed by atoms with E-state index in [1.807, 2.05) is 31.2 Å². The highest BCUT2D eigenvalue weighted by molar-refractivity contribution is 7.89. The lowest BCUT2D eigenvalue weighted by molar-refractivity contribution is 0.102. The van der Waals surface area contributed by atoms with Crippen LogP contribution in [0.25, 0.3) is 0 Å². The lowest BCUT2D eigenvalue weighted by atomic mass is 10.1. The van der Waals surface area contributed by atoms with Gasteiger partial charge < -0.3 is 10.2 Å². The Kier molecular flexibility index (Phi) is 7.04. The highest BCUT2D eigenvalue weighted by Gasteiger charge is 2.24. The molecule has 1 fully saturated rings. The Morgan fingerprint density at radius 3 is 2.41 bits per heavy atom. The predicted molar refractivity (Wildman–Crippen MR) is 134 cm³/mol. The molecule has 0 unspecified atom stereocenters. The van der Waals surface area contributed by atoms with Gasteiger partial charge in [-0.1, -0.05) is 29.8 Å². The normalized spacial score (nSPS) is 14.4. The molecule has 0 spiro atoms. The van der Waals surface area contributed by atoms with Gasteiger partial charge in [0.15, 0.2) is 0 Å². The fourth-order valence-corrected chi connectivity index (χ4v) is 5.02. The Hall–Kier alpha value is -3.17. The summed E-state index contributed by atoms with van der Waals surface area (Å²) in [5.41, 5.74) is 3.33. The zero-order chi connectivity index (χ0) is 24.3. The molecule has 1 aromatic heterocycles. The quantitative estimate of drug-likeness (QED) is 0.556. The molecule has 1 amide bonds. The molecule has 34 heavy (non-hydrogen) atoms. The first-order valence-electron chi connectivity index (χ1n) is 11.5. The number of nitrogens with zero attached hydrogens (tertiary/aromatic N) is 4. The van der Waals surface area contributed by atoms with E-state index >= 15 is 0 Å². The first kappa shape index (κ1) is 24.0. The molecule has 1 aliphatic rings. The molecule has 0 bridgehead atoms. The number of carbonyl (C=O) groups is 1. The second-order valence-corrected chi connectivity index (χ2v) is 11.0. The monoisotopic (exact) mass is 481 g/mol. The number of hydrogen-bond donors (Lipinski definition) is 1. The van der Waals surface area contributed by atoms with E-state index in [4.69, 9.17) is 0 Å². The Morgan fingerprint density at radius 1 is 1.03 bits per heavy atom. The number of anilines is 2. The van der Waals surface area contributed by atoms with Gasteiger partial charge in [-0.25, -0.2) is 17.4 Å². The molecule has 1 saturated heterocycles. The van der Waals surface area contributed by atoms with Crippen molar-refractivity contribution in [2.45, 2.75) is 37.6 Å². The Bertz CT molecular complexity index is 1260. The maximum absolute atomic E-state index is 13.5. The van der Waals surface area contributed by atoms with Crippen molar-refractivity contribution in [3.63, 3.8) is 0 Å². The molecule has 0 aliphatic carbocycles. The fraction of sp³-hybridized carbons (Fsp3) is 0.360. The molecule has 3 aromatic rings. The SMILES string of the molecule is Cc1ccc(Cn2nccc2NC(=O)c2cc(S(=O)(=O)N(C)C)ccc2N2CCCCC2)cc1. The lowest BCUT2D eigenvalue weighted by Gasteiger charge is -2.30. The van der Waals surface area contributed by atoms with Gasteiger partial charge in [-0.2, -0.15) is 5.10 Å². The highest BCUT2D eigenvalue weighted by Crippen LogP contribution is 2.28. The van der Waals surface area contributed by atoms with Crippen LogP contribution in [0.15, 0.2) is 59.6 Å². The van der Waals surface area contributed by atoms with Crippen LogP contribution in [0.2, 0.25) is 0 Å². The molecule has 8 nitrogen and oxygen atoms in total. The number of aryl methyl sites for hydroxylation is 1. The number of piperidine rings is 1. The predicted octanol–water partition coefficient (Wildman–Crippen LogP) is 3.73. The van der Waals surface area contributed by atoms with Crippen LogP contribution in [0, 0.1) is 6.92 Å². The van der Waals surface area contributed by atoms with Gasteiger partial charge in [0.05, 0.1) is 23.2 Å². The van der Waals surface area contributed by atoms with Gasteiger partial charge >= 0.3 is 0 Å². The third-order valence-corrected chi connectivity index (χ3v) is 7.91. The summed E-state index contributed by atoms with van der Waals surface area (Å²) in [6.45, 7) is 4.22. The molecular weight excluding hydrogens is 450 g/mol. The van der Waals surface area contributed by atoms with Gasteiger partial charge in [0.25, 0.3) is 5.91 Å². The second-order valence-electron chi connectivity index (χ2n) is 8.83. The first-order valence-corrected chi connectivity index (χ1v) is 12.9. The van der Waals surface area contributed by atoms with Crippen LogP contribution in [-0.4, -0.2) is 55.6 Å². The molecule has 9 heteroatoms. The van der Waals surface area contributed by atoms with E-state index < -0.39 is 10.0 Å². The Labute approximate surface area is 201 Å². The standard InChI is InChI=1S/C25H31N5O3S/c1-19-7-9-20(10-8-19)18-30-24(13-14-26-30)27-25(31)22-17-21(34(32,33)28(2)3)11-12-23(22)29-15-5-4-6-16-29/h7-14,17H,4-6,15-16,18H2,1-3H3,(H,27,31). The van der Waals surface area contributed by atoms with Crippen LogP contribution < -0.4 is 10.2 Å². The summed E-state index contributed by atoms with van der Waals surface area (Å²) in [4.78, 5) is 15.7. The molecule has 0 saturated carbocycles. The number of aromatic nitrogens is 2. The minimum atomic E-state index is -3.68. The van der Waals surface area contributed by atoms with Crippen LogP contribution >= 0.6 is 0 Å². The number of carbonyl (C=O) groups excluding carboxylic acids is 1. The van der Waals surface area contributed by atoms with E-state index in [9.17, 15) is 13.2 Å². The number of hydrogen-bond acceptors (Lipinski definition) is 5. The molecule has 180 valence electrons. The topological polar surface area (TPSA) is 87.5 Å². The van der Waals surface area contributed by atoms with Gasteiger partial charge in [-0.05, 0) is 49.9 Å². The van der Waals surface area contributed by atoms with Crippen molar-refractivity contribution in [2.24, 2.45) is 0 Å². The molecule has 2 aromatic carbocycles. The summed E-state index contributed by atoms with van der Waals surface area (Å²) in [7, 11) is -0.711. The van der Waals surface area contributed by atoms with Crippen LogP contribution in [0.1, 0.15) is 40.7 Å². The molecule has 2 heterocycles. The maximum atomic E-state index is 13.5. The third kappa shape index (κ3) is 5.15. The van der Waals surface area contributed by atoms with Crippen molar-refractivity contribution >= 4 is 27.4 Å². The molecule has 0 radical (unpaired) electrons. The maximum Gasteiger partial charge on any atom is 0.258 e. The minimum Gasteiger partial charge on any atom is -0.371 e. The van der Waals surface area contributed by atoms with Crippen LogP contribution in [-0.2, 0) is 16.6 Å². The number of rotatable bonds is 7. The highest BCUT2D eigenvalue weighted by atomic mass is 32.2. The zero-order valence-electron chi connectivity index (χ0n) is 19.9. The first-order chi connectivity index (χ1) is 16.3. The van der Waals surface area contributed by atoms with Crippen molar-refractivity contribution in [2.75, 3.05) is 37.4 Å². The van der Waals surface area contributed by atoms with Gasteiger partial charge in [0.2, 0.25) is 10.0 Å². The largest absolute Gasteiger partial charge is 0.371 e. The fourth-order valence-electron chi connectivity index (χ4n) is 4.09. The van der Waals surface area contributed by atoms with Crippen LogP contribution in [0.4, 0.5) is 11.5 Å².